The van der Waals surface area contributed by atoms with Crippen LogP contribution in [0.5, 0.6) is 0 Å². The summed E-state index contributed by atoms with van der Waals surface area (Å²) < 4.78 is 5.36. The molecule has 0 nitrogen and oxygen atoms in total. The van der Waals surface area contributed by atoms with Crippen molar-refractivity contribution in [3.05, 3.63) is 158 Å². The third-order valence-electron chi connectivity index (χ3n) is 8.67. The molecule has 44 heavy (non-hydrogen) atoms. The summed E-state index contributed by atoms with van der Waals surface area (Å²) in [7, 11) is 0. The van der Waals surface area contributed by atoms with E-state index in [1.54, 1.807) is 0 Å². The van der Waals surface area contributed by atoms with E-state index in [2.05, 4.69) is 158 Å². The van der Waals surface area contributed by atoms with Gasteiger partial charge in [-0.3, -0.25) is 0 Å². The molecule has 0 bridgehead atoms. The van der Waals surface area contributed by atoms with Crippen LogP contribution >= 0.6 is 22.7 Å². The predicted molar refractivity (Wildman–Crippen MR) is 194 cm³/mol. The monoisotopic (exact) mass is 594 g/mol. The van der Waals surface area contributed by atoms with Gasteiger partial charge in [0.05, 0.1) is 0 Å². The van der Waals surface area contributed by atoms with E-state index in [0.29, 0.717) is 0 Å². The van der Waals surface area contributed by atoms with Gasteiger partial charge in [-0.25, -0.2) is 0 Å². The normalized spacial score (nSPS) is 11.6. The molecule has 0 spiro atoms. The second-order valence-electron chi connectivity index (χ2n) is 11.3. The Morgan fingerprint density at radius 1 is 0.250 bits per heavy atom. The average molecular weight is 595 g/mol. The van der Waals surface area contributed by atoms with Crippen molar-refractivity contribution in [2.45, 2.75) is 0 Å². The van der Waals surface area contributed by atoms with Crippen LogP contribution in [-0.2, 0) is 0 Å². The highest BCUT2D eigenvalue weighted by molar-refractivity contribution is 7.28. The molecule has 0 fully saturated rings. The lowest BCUT2D eigenvalue weighted by atomic mass is 9.96. The Hall–Kier alpha value is -5.02. The number of benzene rings is 7. The molecule has 0 amide bonds. The average Bonchev–Trinajstić information content (AvgIpc) is 3.66. The van der Waals surface area contributed by atoms with Crippen molar-refractivity contribution in [3.8, 4) is 44.5 Å². The number of fused-ring (bicyclic) bond motifs is 7. The third-order valence-corrected chi connectivity index (χ3v) is 10.9. The van der Waals surface area contributed by atoms with E-state index >= 15 is 0 Å². The van der Waals surface area contributed by atoms with Crippen LogP contribution in [0.25, 0.3) is 84.9 Å². The predicted octanol–water partition coefficient (Wildman–Crippen LogP) is 13.1. The van der Waals surface area contributed by atoms with E-state index in [4.69, 9.17) is 0 Å². The molecule has 2 heterocycles. The van der Waals surface area contributed by atoms with Crippen LogP contribution in [0.4, 0.5) is 0 Å². The molecule has 7 aromatic carbocycles. The Balaban J connectivity index is 1.22. The maximum absolute atomic E-state index is 2.41. The van der Waals surface area contributed by atoms with Crippen molar-refractivity contribution in [1.29, 1.82) is 0 Å². The van der Waals surface area contributed by atoms with Crippen molar-refractivity contribution in [1.82, 2.24) is 0 Å². The molecule has 9 rings (SSSR count). The highest BCUT2D eigenvalue weighted by Gasteiger charge is 2.16. The molecule has 2 heteroatoms. The molecule has 0 aliphatic heterocycles. The molecule has 0 aliphatic carbocycles. The maximum Gasteiger partial charge on any atom is 0.0362 e. The van der Waals surface area contributed by atoms with Crippen molar-refractivity contribution in [2.24, 2.45) is 0 Å². The summed E-state index contributed by atoms with van der Waals surface area (Å²) in [5, 5.41) is 5.44. The fourth-order valence-corrected chi connectivity index (χ4v) is 8.70. The van der Waals surface area contributed by atoms with E-state index in [-0.39, 0.29) is 0 Å². The van der Waals surface area contributed by atoms with Gasteiger partial charge in [0, 0.05) is 40.3 Å². The first-order valence-electron chi connectivity index (χ1n) is 14.9. The summed E-state index contributed by atoms with van der Waals surface area (Å²) in [4.78, 5) is 0. The van der Waals surface area contributed by atoms with E-state index in [1.807, 2.05) is 22.7 Å². The van der Waals surface area contributed by atoms with Gasteiger partial charge in [0.15, 0.2) is 0 Å². The Kier molecular flexibility index (Phi) is 5.97. The van der Waals surface area contributed by atoms with Crippen LogP contribution in [0.1, 0.15) is 0 Å². The smallest absolute Gasteiger partial charge is 0.0362 e. The van der Waals surface area contributed by atoms with Crippen molar-refractivity contribution >= 4 is 63.0 Å². The van der Waals surface area contributed by atoms with Crippen molar-refractivity contribution in [2.75, 3.05) is 0 Å². The van der Waals surface area contributed by atoms with Crippen LogP contribution in [0.2, 0.25) is 0 Å². The molecule has 0 aliphatic rings. The number of rotatable bonds is 4. The zero-order chi connectivity index (χ0) is 29.0. The second-order valence-corrected chi connectivity index (χ2v) is 13.5. The first-order valence-corrected chi connectivity index (χ1v) is 16.6. The van der Waals surface area contributed by atoms with Crippen molar-refractivity contribution < 1.29 is 0 Å². The zero-order valence-corrected chi connectivity index (χ0v) is 25.5. The molecule has 9 aromatic rings. The Bertz CT molecular complexity index is 2300. The van der Waals surface area contributed by atoms with Crippen LogP contribution in [0.3, 0.4) is 0 Å². The lowest BCUT2D eigenvalue weighted by Crippen LogP contribution is -1.82. The van der Waals surface area contributed by atoms with Crippen LogP contribution < -0.4 is 0 Å². The summed E-state index contributed by atoms with van der Waals surface area (Å²) in [5.74, 6) is 0. The third kappa shape index (κ3) is 4.26. The first kappa shape index (κ1) is 25.5. The fraction of sp³-hybridized carbons (Fsp3) is 0. The molecule has 0 saturated heterocycles. The van der Waals surface area contributed by atoms with Crippen LogP contribution in [0, 0.1) is 0 Å². The molecule has 0 unspecified atom stereocenters. The Morgan fingerprint density at radius 2 is 0.591 bits per heavy atom. The van der Waals surface area contributed by atoms with Gasteiger partial charge in [0.1, 0.15) is 0 Å². The summed E-state index contributed by atoms with van der Waals surface area (Å²) in [5.41, 5.74) is 9.98. The van der Waals surface area contributed by atoms with E-state index in [9.17, 15) is 0 Å². The van der Waals surface area contributed by atoms with E-state index in [0.717, 1.165) is 0 Å². The van der Waals surface area contributed by atoms with Gasteiger partial charge in [-0.1, -0.05) is 109 Å². The van der Waals surface area contributed by atoms with Gasteiger partial charge >= 0.3 is 0 Å². The van der Waals surface area contributed by atoms with Gasteiger partial charge in [0.25, 0.3) is 0 Å². The summed E-state index contributed by atoms with van der Waals surface area (Å²) in [6.45, 7) is 0. The van der Waals surface area contributed by atoms with Crippen molar-refractivity contribution in [3.63, 3.8) is 0 Å². The number of hydrogen-bond donors (Lipinski definition) is 0. The lowest BCUT2D eigenvalue weighted by molar-refractivity contribution is 1.60. The number of hydrogen-bond acceptors (Lipinski definition) is 2. The van der Waals surface area contributed by atoms with Gasteiger partial charge in [-0.15, -0.1) is 22.7 Å². The lowest BCUT2D eigenvalue weighted by Gasteiger charge is -2.07. The zero-order valence-electron chi connectivity index (χ0n) is 23.8. The van der Waals surface area contributed by atoms with Crippen LogP contribution in [0.15, 0.2) is 158 Å². The SMILES string of the molecule is c1ccc(-c2cccc(-c3ccc4sc5ccc6sc7ccc(-c8cccc(-c9ccccc9)c8)cc7c6c5c4c3)c2)cc1. The molecule has 206 valence electrons. The number of thiophene rings is 2. The Labute approximate surface area is 264 Å². The fourth-order valence-electron chi connectivity index (χ4n) is 6.51. The van der Waals surface area contributed by atoms with Gasteiger partial charge < -0.3 is 0 Å². The highest BCUT2D eigenvalue weighted by atomic mass is 32.1. The van der Waals surface area contributed by atoms with Gasteiger partial charge in [-0.05, 0) is 93.0 Å². The Morgan fingerprint density at radius 3 is 1.02 bits per heavy atom. The molecule has 0 N–H and O–H groups in total. The molecular formula is C42H26S2. The maximum atomic E-state index is 2.41. The largest absolute Gasteiger partial charge is 0.135 e. The molecular weight excluding hydrogens is 569 g/mol. The van der Waals surface area contributed by atoms with Crippen LogP contribution in [-0.4, -0.2) is 0 Å². The van der Waals surface area contributed by atoms with E-state index in [1.165, 1.54) is 84.9 Å². The topological polar surface area (TPSA) is 0 Å². The molecule has 0 radical (unpaired) electrons. The minimum absolute atomic E-state index is 1.24. The van der Waals surface area contributed by atoms with Gasteiger partial charge in [0.2, 0.25) is 0 Å². The summed E-state index contributed by atoms with van der Waals surface area (Å²) in [6.07, 6.45) is 0. The quantitative estimate of drug-likeness (QED) is 0.190. The van der Waals surface area contributed by atoms with Gasteiger partial charge in [-0.2, -0.15) is 0 Å². The standard InChI is InChI=1S/C42H26S2/c1-3-9-27(10-4-1)29-13-7-15-31(23-29)33-17-19-37-35(25-33)41-39(43-37)21-22-40-42(41)36-26-34(18-20-38(36)44-40)32-16-8-14-30(24-32)28-11-5-2-6-12-28/h1-26H. The minimum Gasteiger partial charge on any atom is -0.135 e. The second kappa shape index (κ2) is 10.3. The first-order chi connectivity index (χ1) is 21.8. The molecule has 2 aromatic heterocycles. The highest BCUT2D eigenvalue weighted by Crippen LogP contribution is 2.46. The minimum atomic E-state index is 1.24. The summed E-state index contributed by atoms with van der Waals surface area (Å²) in [6, 6.07) is 57.8. The molecule has 0 atom stereocenters. The molecule has 0 saturated carbocycles. The van der Waals surface area contributed by atoms with E-state index < -0.39 is 0 Å². The summed E-state index contributed by atoms with van der Waals surface area (Å²) >= 11 is 3.79.